The number of carbonyl (C=O) groups excluding carboxylic acids is 2. The van der Waals surface area contributed by atoms with Crippen LogP contribution in [-0.2, 0) is 0 Å². The fraction of sp³-hybridized carbons (Fsp3) is 0.480. The largest absolute Gasteiger partial charge is 0.341 e. The van der Waals surface area contributed by atoms with Gasteiger partial charge in [0.15, 0.2) is 11.5 Å². The summed E-state index contributed by atoms with van der Waals surface area (Å²) < 4.78 is 41.9. The Morgan fingerprint density at radius 2 is 1.65 bits per heavy atom. The van der Waals surface area contributed by atoms with Gasteiger partial charge in [-0.05, 0) is 30.5 Å². The van der Waals surface area contributed by atoms with Crippen LogP contribution in [0.3, 0.4) is 0 Å². The maximum Gasteiger partial charge on any atom is 0.341 e. The summed E-state index contributed by atoms with van der Waals surface area (Å²) in [6, 6.07) is 2.23. The molecular formula is C25H26F3N7O2. The summed E-state index contributed by atoms with van der Waals surface area (Å²) in [6.07, 6.45) is 6.33. The number of rotatable bonds is 3. The van der Waals surface area contributed by atoms with Crippen LogP contribution in [0.25, 0.3) is 0 Å². The number of aromatic nitrogens is 2. The monoisotopic (exact) mass is 513 g/mol. The Morgan fingerprint density at radius 3 is 2.30 bits per heavy atom. The number of hydrogen-bond donors (Lipinski definition) is 0. The van der Waals surface area contributed by atoms with Gasteiger partial charge in [0.2, 0.25) is 5.95 Å². The minimum Gasteiger partial charge on any atom is -0.337 e. The minimum atomic E-state index is -0.746. The number of hydrazone groups is 1. The van der Waals surface area contributed by atoms with E-state index in [0.29, 0.717) is 51.3 Å². The molecule has 3 aliphatic heterocycles. The molecule has 0 unspecified atom stereocenters. The summed E-state index contributed by atoms with van der Waals surface area (Å²) >= 11 is 0. The van der Waals surface area contributed by atoms with E-state index >= 15 is 0 Å². The van der Waals surface area contributed by atoms with Crippen molar-refractivity contribution < 1.29 is 22.8 Å². The molecule has 1 aromatic heterocycles. The fourth-order valence-electron chi connectivity index (χ4n) is 5.60. The zero-order valence-corrected chi connectivity index (χ0v) is 20.1. The summed E-state index contributed by atoms with van der Waals surface area (Å²) in [7, 11) is 0. The topological polar surface area (TPSA) is 85.2 Å². The molecular weight excluding hydrogens is 487 g/mol. The molecule has 2 aromatic rings. The summed E-state index contributed by atoms with van der Waals surface area (Å²) in [4.78, 5) is 39.4. The van der Waals surface area contributed by atoms with Crippen molar-refractivity contribution in [3.8, 4) is 0 Å². The van der Waals surface area contributed by atoms with Crippen LogP contribution in [0.4, 0.5) is 23.9 Å². The number of anilines is 1. The number of amides is 3. The number of likely N-dealkylation sites (tertiary alicyclic amines) is 1. The first-order valence-corrected chi connectivity index (χ1v) is 12.5. The van der Waals surface area contributed by atoms with Crippen molar-refractivity contribution in [1.29, 1.82) is 0 Å². The van der Waals surface area contributed by atoms with Gasteiger partial charge in [-0.1, -0.05) is 6.42 Å². The SMILES string of the molecule is O=C(c1nc(N2CCN(C(=O)N3N=CC[C@H]3c3cc(F)cc(F)c3)CC2)ncc1F)N1CC2(CCC2)C1. The molecule has 4 aliphatic rings. The van der Waals surface area contributed by atoms with E-state index < -0.39 is 29.4 Å². The molecule has 1 spiro atoms. The molecule has 3 amide bonds. The molecule has 1 saturated carbocycles. The van der Waals surface area contributed by atoms with Gasteiger partial charge in [-0.2, -0.15) is 5.10 Å². The molecule has 0 bridgehead atoms. The van der Waals surface area contributed by atoms with Crippen LogP contribution >= 0.6 is 0 Å². The highest BCUT2D eigenvalue weighted by atomic mass is 19.1. The molecule has 0 radical (unpaired) electrons. The van der Waals surface area contributed by atoms with Crippen molar-refractivity contribution in [3.63, 3.8) is 0 Å². The average molecular weight is 514 g/mol. The second-order valence-corrected chi connectivity index (χ2v) is 10.2. The maximum absolute atomic E-state index is 14.5. The lowest BCUT2D eigenvalue weighted by molar-refractivity contribution is -0.0431. The van der Waals surface area contributed by atoms with E-state index in [2.05, 4.69) is 15.1 Å². The Morgan fingerprint density at radius 1 is 0.946 bits per heavy atom. The average Bonchev–Trinajstić information content (AvgIpc) is 3.32. The Kier molecular flexibility index (Phi) is 5.76. The van der Waals surface area contributed by atoms with Gasteiger partial charge in [0.25, 0.3) is 5.91 Å². The normalized spacial score (nSPS) is 22.3. The molecule has 2 saturated heterocycles. The quantitative estimate of drug-likeness (QED) is 0.630. The number of piperazine rings is 1. The number of urea groups is 1. The summed E-state index contributed by atoms with van der Waals surface area (Å²) in [6.45, 7) is 2.66. The van der Waals surface area contributed by atoms with E-state index in [0.717, 1.165) is 25.1 Å². The van der Waals surface area contributed by atoms with E-state index in [1.807, 2.05) is 0 Å². The van der Waals surface area contributed by atoms with Crippen molar-refractivity contribution >= 4 is 24.1 Å². The third-order valence-electron chi connectivity index (χ3n) is 7.82. The van der Waals surface area contributed by atoms with Crippen LogP contribution in [0, 0.1) is 22.9 Å². The van der Waals surface area contributed by atoms with Crippen molar-refractivity contribution in [2.75, 3.05) is 44.2 Å². The number of nitrogens with zero attached hydrogens (tertiary/aromatic N) is 7. The molecule has 1 atom stereocenters. The Bertz CT molecular complexity index is 1250. The van der Waals surface area contributed by atoms with E-state index in [1.165, 1.54) is 23.6 Å². The van der Waals surface area contributed by atoms with Gasteiger partial charge in [0, 0.05) is 63.4 Å². The van der Waals surface area contributed by atoms with E-state index in [4.69, 9.17) is 0 Å². The smallest absolute Gasteiger partial charge is 0.337 e. The zero-order valence-electron chi connectivity index (χ0n) is 20.1. The molecule has 6 rings (SSSR count). The predicted octanol–water partition coefficient (Wildman–Crippen LogP) is 3.19. The Hall–Kier alpha value is -3.70. The van der Waals surface area contributed by atoms with E-state index in [9.17, 15) is 22.8 Å². The van der Waals surface area contributed by atoms with Crippen molar-refractivity contribution in [3.05, 3.63) is 53.1 Å². The Labute approximate surface area is 211 Å². The molecule has 4 heterocycles. The second-order valence-electron chi connectivity index (χ2n) is 10.2. The van der Waals surface area contributed by atoms with Crippen molar-refractivity contribution in [2.24, 2.45) is 10.5 Å². The lowest BCUT2D eigenvalue weighted by Crippen LogP contribution is -2.61. The van der Waals surface area contributed by atoms with Crippen LogP contribution < -0.4 is 4.90 Å². The van der Waals surface area contributed by atoms with Gasteiger partial charge in [-0.15, -0.1) is 0 Å². The van der Waals surface area contributed by atoms with Crippen LogP contribution in [0.5, 0.6) is 0 Å². The second kappa shape index (κ2) is 9.00. The first-order chi connectivity index (χ1) is 17.8. The highest BCUT2D eigenvalue weighted by Gasteiger charge is 2.49. The van der Waals surface area contributed by atoms with Crippen LogP contribution in [0.15, 0.2) is 29.5 Å². The van der Waals surface area contributed by atoms with Crippen molar-refractivity contribution in [1.82, 2.24) is 24.8 Å². The van der Waals surface area contributed by atoms with E-state index in [1.54, 1.807) is 20.9 Å². The predicted molar refractivity (Wildman–Crippen MR) is 127 cm³/mol. The van der Waals surface area contributed by atoms with Gasteiger partial charge in [0.1, 0.15) is 11.6 Å². The molecule has 12 heteroatoms. The molecule has 1 aromatic carbocycles. The lowest BCUT2D eigenvalue weighted by Gasteiger charge is -2.55. The molecule has 9 nitrogen and oxygen atoms in total. The highest BCUT2D eigenvalue weighted by Crippen LogP contribution is 2.48. The minimum absolute atomic E-state index is 0.228. The van der Waals surface area contributed by atoms with Gasteiger partial charge >= 0.3 is 6.03 Å². The lowest BCUT2D eigenvalue weighted by atomic mass is 9.63. The standard InChI is InChI=1S/C25H26F3N7O2/c26-17-10-16(11-18(27)12-17)20-2-5-30-35(20)24(37)33-8-6-32(7-9-33)23-29-13-19(28)21(31-23)22(36)34-14-25(15-34)3-1-4-25/h5,10-13,20H,1-4,6-9,14-15H2/t20-/m0/s1. The van der Waals surface area contributed by atoms with Gasteiger partial charge < -0.3 is 14.7 Å². The molecule has 0 N–H and O–H groups in total. The van der Waals surface area contributed by atoms with Crippen LogP contribution in [0.2, 0.25) is 0 Å². The molecule has 3 fully saturated rings. The molecule has 1 aliphatic carbocycles. The van der Waals surface area contributed by atoms with Gasteiger partial charge in [-0.25, -0.2) is 32.9 Å². The summed E-state index contributed by atoms with van der Waals surface area (Å²) in [5.74, 6) is -2.35. The Balaban J connectivity index is 1.10. The number of carbonyl (C=O) groups is 2. The van der Waals surface area contributed by atoms with Gasteiger partial charge in [-0.3, -0.25) is 4.79 Å². The van der Waals surface area contributed by atoms with Crippen LogP contribution in [-0.4, -0.2) is 82.2 Å². The van der Waals surface area contributed by atoms with Crippen LogP contribution in [0.1, 0.15) is 47.8 Å². The summed E-state index contributed by atoms with van der Waals surface area (Å²) in [5, 5.41) is 5.39. The third kappa shape index (κ3) is 4.27. The number of benzene rings is 1. The fourth-order valence-corrected chi connectivity index (χ4v) is 5.60. The zero-order chi connectivity index (χ0) is 25.7. The molecule has 194 valence electrons. The first-order valence-electron chi connectivity index (χ1n) is 12.5. The molecule has 37 heavy (non-hydrogen) atoms. The first kappa shape index (κ1) is 23.7. The summed E-state index contributed by atoms with van der Waals surface area (Å²) in [5.41, 5.74) is 0.338. The maximum atomic E-state index is 14.5. The van der Waals surface area contributed by atoms with E-state index in [-0.39, 0.29) is 23.1 Å². The van der Waals surface area contributed by atoms with Crippen molar-refractivity contribution in [2.45, 2.75) is 31.7 Å². The number of halogens is 3. The van der Waals surface area contributed by atoms with Gasteiger partial charge in [0.05, 0.1) is 12.2 Å². The highest BCUT2D eigenvalue weighted by molar-refractivity contribution is 5.93. The number of hydrogen-bond acceptors (Lipinski definition) is 6. The third-order valence-corrected chi connectivity index (χ3v) is 7.82.